The number of nitrogens with one attached hydrogen (secondary N) is 1. The lowest BCUT2D eigenvalue weighted by Crippen LogP contribution is -2.43. The highest BCUT2D eigenvalue weighted by molar-refractivity contribution is 6.12. The molecule has 0 bridgehead atoms. The summed E-state index contributed by atoms with van der Waals surface area (Å²) in [4.78, 5) is 39.8. The van der Waals surface area contributed by atoms with Gasteiger partial charge in [-0.1, -0.05) is 6.92 Å². The van der Waals surface area contributed by atoms with Crippen molar-refractivity contribution in [3.8, 4) is 17.2 Å². The molecule has 1 heterocycles. The maximum atomic E-state index is 13.9. The first-order valence-electron chi connectivity index (χ1n) is 11.4. The number of hydrogen-bond acceptors (Lipinski definition) is 9. The van der Waals surface area contributed by atoms with Crippen molar-refractivity contribution < 1.29 is 38.1 Å². The predicted octanol–water partition coefficient (Wildman–Crippen LogP) is 3.28. The van der Waals surface area contributed by atoms with Crippen LogP contribution in [-0.2, 0) is 23.9 Å². The van der Waals surface area contributed by atoms with E-state index in [0.717, 1.165) is 0 Å². The van der Waals surface area contributed by atoms with Crippen molar-refractivity contribution in [2.75, 3.05) is 28.4 Å². The quantitative estimate of drug-likeness (QED) is 0.458. The Hall–Kier alpha value is -3.49. The van der Waals surface area contributed by atoms with Gasteiger partial charge in [0, 0.05) is 28.6 Å². The fraction of sp³-hybridized carbons (Fsp3) is 0.500. The van der Waals surface area contributed by atoms with Gasteiger partial charge in [0.2, 0.25) is 0 Å². The molecular weight excluding hydrogens is 454 g/mol. The standard InChI is InChI=1S/C26H33NO8/c1-12(2)35-26(30)21-14(4)27-16-9-13(3)20(25(29)34-8)24(28)23(16)22(21)15-10-18(32-6)19(33-7)11-17(15)31-5/h10-13,20,22,27H,9H2,1-8H3/t13-,20-,22+/m1/s1. The fourth-order valence-electron chi connectivity index (χ4n) is 4.82. The number of methoxy groups -OCH3 is 4. The fourth-order valence-corrected chi connectivity index (χ4v) is 4.82. The van der Waals surface area contributed by atoms with Gasteiger partial charge in [0.15, 0.2) is 17.3 Å². The largest absolute Gasteiger partial charge is 0.496 e. The minimum absolute atomic E-state index is 0.259. The van der Waals surface area contributed by atoms with Crippen molar-refractivity contribution in [2.45, 2.75) is 46.1 Å². The first-order valence-corrected chi connectivity index (χ1v) is 11.4. The van der Waals surface area contributed by atoms with E-state index in [0.29, 0.717) is 46.2 Å². The summed E-state index contributed by atoms with van der Waals surface area (Å²) in [6.45, 7) is 7.10. The molecule has 0 unspecified atom stereocenters. The van der Waals surface area contributed by atoms with Gasteiger partial charge in [-0.15, -0.1) is 0 Å². The van der Waals surface area contributed by atoms with Crippen molar-refractivity contribution in [3.63, 3.8) is 0 Å². The number of hydrogen-bond donors (Lipinski definition) is 1. The molecule has 0 fully saturated rings. The third-order valence-electron chi connectivity index (χ3n) is 6.35. The lowest BCUT2D eigenvalue weighted by Gasteiger charge is -2.38. The number of ketones is 1. The van der Waals surface area contributed by atoms with Crippen LogP contribution in [0, 0.1) is 11.8 Å². The van der Waals surface area contributed by atoms with Crippen LogP contribution in [0.25, 0.3) is 0 Å². The minimum Gasteiger partial charge on any atom is -0.496 e. The zero-order chi connectivity index (χ0) is 26.0. The molecule has 1 aromatic rings. The monoisotopic (exact) mass is 487 g/mol. The Labute approximate surface area is 205 Å². The zero-order valence-electron chi connectivity index (χ0n) is 21.4. The molecule has 190 valence electrons. The van der Waals surface area contributed by atoms with Crippen molar-refractivity contribution in [3.05, 3.63) is 40.2 Å². The van der Waals surface area contributed by atoms with Gasteiger partial charge in [-0.05, 0) is 39.2 Å². The van der Waals surface area contributed by atoms with E-state index >= 15 is 0 Å². The molecule has 9 nitrogen and oxygen atoms in total. The maximum absolute atomic E-state index is 13.9. The Balaban J connectivity index is 2.32. The molecule has 35 heavy (non-hydrogen) atoms. The highest BCUT2D eigenvalue weighted by atomic mass is 16.5. The number of dihydropyridines is 1. The Kier molecular flexibility index (Phi) is 7.77. The van der Waals surface area contributed by atoms with Crippen molar-refractivity contribution in [1.29, 1.82) is 0 Å². The molecule has 2 aliphatic rings. The Morgan fingerprint density at radius 3 is 2.14 bits per heavy atom. The van der Waals surface area contributed by atoms with Crippen LogP contribution in [-0.4, -0.2) is 52.3 Å². The van der Waals surface area contributed by atoms with E-state index in [1.807, 2.05) is 6.92 Å². The van der Waals surface area contributed by atoms with Gasteiger partial charge >= 0.3 is 11.9 Å². The summed E-state index contributed by atoms with van der Waals surface area (Å²) in [5, 5.41) is 3.24. The summed E-state index contributed by atoms with van der Waals surface area (Å²) < 4.78 is 27.1. The average molecular weight is 488 g/mol. The van der Waals surface area contributed by atoms with Crippen LogP contribution in [0.3, 0.4) is 0 Å². The normalized spacial score (nSPS) is 21.9. The van der Waals surface area contributed by atoms with E-state index in [4.69, 9.17) is 23.7 Å². The van der Waals surface area contributed by atoms with Gasteiger partial charge in [0.1, 0.15) is 11.7 Å². The van der Waals surface area contributed by atoms with Gasteiger partial charge in [-0.2, -0.15) is 0 Å². The van der Waals surface area contributed by atoms with Crippen molar-refractivity contribution in [1.82, 2.24) is 5.32 Å². The van der Waals surface area contributed by atoms with Crippen LogP contribution in [0.1, 0.15) is 45.6 Å². The van der Waals surface area contributed by atoms with Crippen LogP contribution in [0.4, 0.5) is 0 Å². The Morgan fingerprint density at radius 1 is 1.00 bits per heavy atom. The highest BCUT2D eigenvalue weighted by Crippen LogP contribution is 2.49. The average Bonchev–Trinajstić information content (AvgIpc) is 2.81. The summed E-state index contributed by atoms with van der Waals surface area (Å²) >= 11 is 0. The first-order chi connectivity index (χ1) is 16.6. The zero-order valence-corrected chi connectivity index (χ0v) is 21.4. The third-order valence-corrected chi connectivity index (χ3v) is 6.35. The van der Waals surface area contributed by atoms with Crippen molar-refractivity contribution >= 4 is 17.7 Å². The second-order valence-electron chi connectivity index (χ2n) is 8.94. The SMILES string of the molecule is COC(=O)[C@H]1C(=O)C2=C(C[C@H]1C)NC(C)=C(C(=O)OC(C)C)[C@@H]2c1cc(OC)c(OC)cc1OC. The van der Waals surface area contributed by atoms with Crippen LogP contribution >= 0.6 is 0 Å². The molecule has 0 aromatic heterocycles. The molecule has 1 aliphatic heterocycles. The summed E-state index contributed by atoms with van der Waals surface area (Å²) in [7, 11) is 5.75. The molecule has 1 aromatic carbocycles. The molecule has 0 saturated heterocycles. The molecule has 1 N–H and O–H groups in total. The number of ether oxygens (including phenoxy) is 5. The lowest BCUT2D eigenvalue weighted by molar-refractivity contribution is -0.151. The maximum Gasteiger partial charge on any atom is 0.337 e. The summed E-state index contributed by atoms with van der Waals surface area (Å²) in [6, 6.07) is 3.33. The molecule has 1 aliphatic carbocycles. The van der Waals surface area contributed by atoms with E-state index in [9.17, 15) is 14.4 Å². The molecule has 0 amide bonds. The molecule has 3 rings (SSSR count). The van der Waals surface area contributed by atoms with E-state index in [1.165, 1.54) is 28.4 Å². The first kappa shape index (κ1) is 26.1. The van der Waals surface area contributed by atoms with Gasteiger partial charge in [-0.3, -0.25) is 9.59 Å². The number of carbonyl (C=O) groups excluding carboxylic acids is 3. The van der Waals surface area contributed by atoms with E-state index in [-0.39, 0.29) is 17.6 Å². The molecule has 9 heteroatoms. The number of carbonyl (C=O) groups is 3. The second kappa shape index (κ2) is 10.4. The topological polar surface area (TPSA) is 109 Å². The summed E-state index contributed by atoms with van der Waals surface area (Å²) in [5.74, 6) is -2.49. The Bertz CT molecular complexity index is 1100. The molecule has 0 saturated carbocycles. The van der Waals surface area contributed by atoms with Gasteiger partial charge in [0.25, 0.3) is 0 Å². The van der Waals surface area contributed by atoms with Crippen LogP contribution in [0.2, 0.25) is 0 Å². The predicted molar refractivity (Wildman–Crippen MR) is 127 cm³/mol. The van der Waals surface area contributed by atoms with E-state index in [1.54, 1.807) is 32.9 Å². The molecule has 0 radical (unpaired) electrons. The highest BCUT2D eigenvalue weighted by Gasteiger charge is 2.48. The molecular formula is C26H33NO8. The molecule has 3 atom stereocenters. The minimum atomic E-state index is -0.991. The van der Waals surface area contributed by atoms with Gasteiger partial charge < -0.3 is 29.0 Å². The van der Waals surface area contributed by atoms with Crippen LogP contribution in [0.5, 0.6) is 17.2 Å². The number of allylic oxidation sites excluding steroid dienone is 3. The Morgan fingerprint density at radius 2 is 1.60 bits per heavy atom. The van der Waals surface area contributed by atoms with Crippen molar-refractivity contribution in [2.24, 2.45) is 11.8 Å². The second-order valence-corrected chi connectivity index (χ2v) is 8.94. The van der Waals surface area contributed by atoms with Gasteiger partial charge in [-0.25, -0.2) is 4.79 Å². The number of esters is 2. The van der Waals surface area contributed by atoms with Crippen LogP contribution in [0.15, 0.2) is 34.7 Å². The smallest absolute Gasteiger partial charge is 0.337 e. The number of Topliss-reactive ketones (excluding diaryl/α,β-unsaturated/α-hetero) is 1. The third kappa shape index (κ3) is 4.72. The lowest BCUT2D eigenvalue weighted by atomic mass is 9.69. The summed E-state index contributed by atoms with van der Waals surface area (Å²) in [6.07, 6.45) is 0.0487. The molecule has 0 spiro atoms. The van der Waals surface area contributed by atoms with E-state index < -0.39 is 29.6 Å². The van der Waals surface area contributed by atoms with Crippen LogP contribution < -0.4 is 19.5 Å². The van der Waals surface area contributed by atoms with E-state index in [2.05, 4.69) is 5.32 Å². The number of rotatable bonds is 7. The summed E-state index contributed by atoms with van der Waals surface area (Å²) in [5.41, 5.74) is 2.30. The van der Waals surface area contributed by atoms with Gasteiger partial charge in [0.05, 0.1) is 46.0 Å². The number of benzene rings is 1.